The van der Waals surface area contributed by atoms with Gasteiger partial charge in [0.15, 0.2) is 0 Å². The Balaban J connectivity index is 2.59. The number of carbonyl (C=O) groups is 2. The molecule has 1 aromatic carbocycles. The average molecular weight is 320 g/mol. The zero-order valence-corrected chi connectivity index (χ0v) is 14.5. The fraction of sp³-hybridized carbons (Fsp3) is 0.556. The second-order valence-corrected chi connectivity index (χ2v) is 6.72. The topological polar surface area (TPSA) is 78.4 Å². The standard InChI is InChI=1S/C18H28N2O3/c1-5-15(10-11-21)20-16(22)14-8-6-13(7-9-14)12-19-17(23)18(2,3)4/h6-9,15,21H,5,10-12H2,1-4H3,(H,19,23)(H,20,22). The van der Waals surface area contributed by atoms with Gasteiger partial charge in [-0.05, 0) is 30.5 Å². The van der Waals surface area contributed by atoms with Crippen molar-refractivity contribution in [2.75, 3.05) is 6.61 Å². The van der Waals surface area contributed by atoms with Crippen LogP contribution in [0.3, 0.4) is 0 Å². The van der Waals surface area contributed by atoms with E-state index in [0.717, 1.165) is 12.0 Å². The van der Waals surface area contributed by atoms with Crippen LogP contribution < -0.4 is 10.6 Å². The van der Waals surface area contributed by atoms with Crippen LogP contribution in [0.25, 0.3) is 0 Å². The van der Waals surface area contributed by atoms with E-state index in [1.807, 2.05) is 39.8 Å². The van der Waals surface area contributed by atoms with Crippen LogP contribution in [0.5, 0.6) is 0 Å². The Bertz CT molecular complexity index is 518. The number of hydrogen-bond donors (Lipinski definition) is 3. The third-order valence-electron chi connectivity index (χ3n) is 3.66. The van der Waals surface area contributed by atoms with Crippen LogP contribution in [-0.2, 0) is 11.3 Å². The molecule has 0 aliphatic heterocycles. The Morgan fingerprint density at radius 3 is 2.26 bits per heavy atom. The summed E-state index contributed by atoms with van der Waals surface area (Å²) in [6.45, 7) is 8.08. The van der Waals surface area contributed by atoms with Crippen molar-refractivity contribution >= 4 is 11.8 Å². The second-order valence-electron chi connectivity index (χ2n) is 6.72. The summed E-state index contributed by atoms with van der Waals surface area (Å²) in [4.78, 5) is 24.0. The molecule has 0 aliphatic rings. The Hall–Kier alpha value is -1.88. The maximum absolute atomic E-state index is 12.1. The Labute approximate surface area is 138 Å². The smallest absolute Gasteiger partial charge is 0.251 e. The molecule has 0 aliphatic carbocycles. The van der Waals surface area contributed by atoms with Crippen LogP contribution >= 0.6 is 0 Å². The van der Waals surface area contributed by atoms with E-state index in [1.54, 1.807) is 12.1 Å². The summed E-state index contributed by atoms with van der Waals surface area (Å²) in [5.74, 6) is -0.148. The van der Waals surface area contributed by atoms with E-state index in [4.69, 9.17) is 5.11 Å². The minimum atomic E-state index is -0.415. The number of carbonyl (C=O) groups excluding carboxylic acids is 2. The molecular formula is C18H28N2O3. The van der Waals surface area contributed by atoms with E-state index in [0.29, 0.717) is 18.5 Å². The number of amides is 2. The van der Waals surface area contributed by atoms with Gasteiger partial charge in [0.2, 0.25) is 5.91 Å². The van der Waals surface area contributed by atoms with Crippen LogP contribution in [0.1, 0.15) is 56.5 Å². The molecule has 0 radical (unpaired) electrons. The summed E-state index contributed by atoms with van der Waals surface area (Å²) in [7, 11) is 0. The molecule has 1 aromatic rings. The van der Waals surface area contributed by atoms with E-state index < -0.39 is 5.41 Å². The number of aliphatic hydroxyl groups is 1. The van der Waals surface area contributed by atoms with Gasteiger partial charge in [0.25, 0.3) is 5.91 Å². The summed E-state index contributed by atoms with van der Waals surface area (Å²) in [5.41, 5.74) is 1.11. The quantitative estimate of drug-likeness (QED) is 0.721. The lowest BCUT2D eigenvalue weighted by Gasteiger charge is -2.18. The molecule has 128 valence electrons. The van der Waals surface area contributed by atoms with E-state index in [9.17, 15) is 9.59 Å². The van der Waals surface area contributed by atoms with Gasteiger partial charge in [-0.2, -0.15) is 0 Å². The van der Waals surface area contributed by atoms with Crippen molar-refractivity contribution < 1.29 is 14.7 Å². The molecule has 3 N–H and O–H groups in total. The highest BCUT2D eigenvalue weighted by atomic mass is 16.3. The molecule has 0 fully saturated rings. The van der Waals surface area contributed by atoms with Crippen LogP contribution in [0, 0.1) is 5.41 Å². The zero-order valence-electron chi connectivity index (χ0n) is 14.5. The molecule has 1 rings (SSSR count). The first kappa shape index (κ1) is 19.2. The van der Waals surface area contributed by atoms with Gasteiger partial charge in [0, 0.05) is 30.2 Å². The molecule has 23 heavy (non-hydrogen) atoms. The largest absolute Gasteiger partial charge is 0.396 e. The lowest BCUT2D eigenvalue weighted by atomic mass is 9.95. The lowest BCUT2D eigenvalue weighted by molar-refractivity contribution is -0.128. The lowest BCUT2D eigenvalue weighted by Crippen LogP contribution is -2.35. The van der Waals surface area contributed by atoms with E-state index >= 15 is 0 Å². The fourth-order valence-electron chi connectivity index (χ4n) is 2.02. The zero-order chi connectivity index (χ0) is 17.5. The maximum atomic E-state index is 12.1. The van der Waals surface area contributed by atoms with Gasteiger partial charge in [-0.1, -0.05) is 39.8 Å². The molecule has 0 aromatic heterocycles. The molecule has 0 spiro atoms. The summed E-state index contributed by atoms with van der Waals surface area (Å²) >= 11 is 0. The monoisotopic (exact) mass is 320 g/mol. The number of benzene rings is 1. The fourth-order valence-corrected chi connectivity index (χ4v) is 2.02. The maximum Gasteiger partial charge on any atom is 0.251 e. The van der Waals surface area contributed by atoms with Gasteiger partial charge in [-0.15, -0.1) is 0 Å². The van der Waals surface area contributed by atoms with Gasteiger partial charge in [-0.25, -0.2) is 0 Å². The molecule has 5 nitrogen and oxygen atoms in total. The second kappa shape index (κ2) is 8.67. The Morgan fingerprint density at radius 2 is 1.78 bits per heavy atom. The molecular weight excluding hydrogens is 292 g/mol. The normalized spacial score (nSPS) is 12.6. The third-order valence-corrected chi connectivity index (χ3v) is 3.66. The average Bonchev–Trinajstić information content (AvgIpc) is 2.51. The van der Waals surface area contributed by atoms with E-state index in [-0.39, 0.29) is 24.5 Å². The summed E-state index contributed by atoms with van der Waals surface area (Å²) in [6.07, 6.45) is 1.34. The molecule has 1 atom stereocenters. The van der Waals surface area contributed by atoms with E-state index in [1.165, 1.54) is 0 Å². The van der Waals surface area contributed by atoms with Gasteiger partial charge in [0.1, 0.15) is 0 Å². The van der Waals surface area contributed by atoms with Crippen LogP contribution in [-0.4, -0.2) is 29.6 Å². The molecule has 2 amide bonds. The highest BCUT2D eigenvalue weighted by Crippen LogP contribution is 2.13. The number of rotatable bonds is 7. The molecule has 0 saturated carbocycles. The van der Waals surface area contributed by atoms with Crippen LogP contribution in [0.2, 0.25) is 0 Å². The van der Waals surface area contributed by atoms with Crippen LogP contribution in [0.4, 0.5) is 0 Å². The van der Waals surface area contributed by atoms with Crippen molar-refractivity contribution in [1.29, 1.82) is 0 Å². The first-order valence-corrected chi connectivity index (χ1v) is 8.07. The summed E-state index contributed by atoms with van der Waals surface area (Å²) < 4.78 is 0. The molecule has 0 bridgehead atoms. The number of hydrogen-bond acceptors (Lipinski definition) is 3. The predicted molar refractivity (Wildman–Crippen MR) is 91.0 cm³/mol. The summed E-state index contributed by atoms with van der Waals surface area (Å²) in [5, 5.41) is 14.7. The first-order chi connectivity index (χ1) is 10.8. The molecule has 1 unspecified atom stereocenters. The Kier molecular flexibility index (Phi) is 7.23. The third kappa shape index (κ3) is 6.40. The highest BCUT2D eigenvalue weighted by molar-refractivity contribution is 5.94. The van der Waals surface area contributed by atoms with Crippen molar-refractivity contribution in [3.05, 3.63) is 35.4 Å². The van der Waals surface area contributed by atoms with Crippen molar-refractivity contribution in [1.82, 2.24) is 10.6 Å². The molecule has 5 heteroatoms. The van der Waals surface area contributed by atoms with Gasteiger partial charge in [0.05, 0.1) is 0 Å². The molecule has 0 saturated heterocycles. The van der Waals surface area contributed by atoms with Gasteiger partial charge >= 0.3 is 0 Å². The minimum Gasteiger partial charge on any atom is -0.396 e. The van der Waals surface area contributed by atoms with Crippen molar-refractivity contribution in [2.24, 2.45) is 5.41 Å². The molecule has 0 heterocycles. The van der Waals surface area contributed by atoms with Crippen molar-refractivity contribution in [3.8, 4) is 0 Å². The number of aliphatic hydroxyl groups excluding tert-OH is 1. The van der Waals surface area contributed by atoms with Crippen molar-refractivity contribution in [3.63, 3.8) is 0 Å². The first-order valence-electron chi connectivity index (χ1n) is 8.07. The highest BCUT2D eigenvalue weighted by Gasteiger charge is 2.20. The minimum absolute atomic E-state index is 0.00545. The predicted octanol–water partition coefficient (Wildman–Crippen LogP) is 2.24. The Morgan fingerprint density at radius 1 is 1.17 bits per heavy atom. The SMILES string of the molecule is CCC(CCO)NC(=O)c1ccc(CNC(=O)C(C)(C)C)cc1. The van der Waals surface area contributed by atoms with Gasteiger partial charge in [-0.3, -0.25) is 9.59 Å². The summed E-state index contributed by atoms with van der Waals surface area (Å²) in [6, 6.07) is 7.16. The van der Waals surface area contributed by atoms with Crippen LogP contribution in [0.15, 0.2) is 24.3 Å². The van der Waals surface area contributed by atoms with Gasteiger partial charge < -0.3 is 15.7 Å². The number of nitrogens with one attached hydrogen (secondary N) is 2. The van der Waals surface area contributed by atoms with Crippen molar-refractivity contribution in [2.45, 2.75) is 53.1 Å². The van der Waals surface area contributed by atoms with E-state index in [2.05, 4.69) is 10.6 Å².